The van der Waals surface area contributed by atoms with Gasteiger partial charge in [0.05, 0.1) is 36.8 Å². The molecule has 3 rings (SSSR count). The monoisotopic (exact) mass is 445 g/mol. The van der Waals surface area contributed by atoms with Crippen molar-refractivity contribution in [2.24, 2.45) is 0 Å². The molecule has 1 heterocycles. The Balaban J connectivity index is 1.85. The van der Waals surface area contributed by atoms with Gasteiger partial charge in [0.25, 0.3) is 15.9 Å². The number of anilines is 1. The number of hydrogen-bond acceptors (Lipinski definition) is 5. The summed E-state index contributed by atoms with van der Waals surface area (Å²) in [7, 11) is -2.59. The lowest BCUT2D eigenvalue weighted by molar-refractivity contribution is 0.0936. The first-order chi connectivity index (χ1) is 14.3. The van der Waals surface area contributed by atoms with Gasteiger partial charge in [0.15, 0.2) is 0 Å². The van der Waals surface area contributed by atoms with Crippen molar-refractivity contribution in [1.29, 1.82) is 0 Å². The third kappa shape index (κ3) is 5.08. The highest BCUT2D eigenvalue weighted by atomic mass is 35.5. The molecular formula is C21H20ClN3O4S. The number of ether oxygens (including phenoxy) is 1. The highest BCUT2D eigenvalue weighted by Crippen LogP contribution is 2.23. The van der Waals surface area contributed by atoms with Crippen molar-refractivity contribution >= 4 is 33.2 Å². The predicted molar refractivity (Wildman–Crippen MR) is 115 cm³/mol. The summed E-state index contributed by atoms with van der Waals surface area (Å²) in [6.07, 6.45) is 2.81. The lowest BCUT2D eigenvalue weighted by Crippen LogP contribution is -2.28. The number of sulfonamides is 1. The van der Waals surface area contributed by atoms with Crippen LogP contribution >= 0.6 is 11.6 Å². The van der Waals surface area contributed by atoms with Gasteiger partial charge in [0.2, 0.25) is 0 Å². The molecule has 0 saturated carbocycles. The Morgan fingerprint density at radius 3 is 2.50 bits per heavy atom. The summed E-state index contributed by atoms with van der Waals surface area (Å²) < 4.78 is 33.4. The summed E-state index contributed by atoms with van der Waals surface area (Å²) in [6.45, 7) is 1.80. The van der Waals surface area contributed by atoms with Gasteiger partial charge in [-0.25, -0.2) is 8.42 Å². The number of amides is 1. The van der Waals surface area contributed by atoms with E-state index in [9.17, 15) is 13.2 Å². The summed E-state index contributed by atoms with van der Waals surface area (Å²) >= 11 is 5.90. The molecule has 0 bridgehead atoms. The van der Waals surface area contributed by atoms with E-state index in [1.54, 1.807) is 43.3 Å². The zero-order chi connectivity index (χ0) is 21.7. The van der Waals surface area contributed by atoms with Crippen LogP contribution in [0.15, 0.2) is 71.9 Å². The molecule has 3 aromatic rings. The van der Waals surface area contributed by atoms with Crippen LogP contribution in [0.5, 0.6) is 5.75 Å². The SMILES string of the molecule is COc1cncc(NS(=O)(=O)c2ccccc2C(=O)NC(C)c2ccc(Cl)cc2)c1. The number of methoxy groups -OCH3 is 1. The quantitative estimate of drug-likeness (QED) is 0.572. The third-order valence-corrected chi connectivity index (χ3v) is 6.03. The Morgan fingerprint density at radius 2 is 1.80 bits per heavy atom. The normalized spacial score (nSPS) is 12.1. The van der Waals surface area contributed by atoms with E-state index in [1.807, 2.05) is 0 Å². The smallest absolute Gasteiger partial charge is 0.262 e. The lowest BCUT2D eigenvalue weighted by Gasteiger charge is -2.17. The van der Waals surface area contributed by atoms with Crippen LogP contribution < -0.4 is 14.8 Å². The van der Waals surface area contributed by atoms with Crippen LogP contribution in [0.25, 0.3) is 0 Å². The highest BCUT2D eigenvalue weighted by molar-refractivity contribution is 7.92. The average molecular weight is 446 g/mol. The fourth-order valence-corrected chi connectivity index (χ4v) is 4.16. The minimum absolute atomic E-state index is 0.0293. The van der Waals surface area contributed by atoms with Crippen molar-refractivity contribution in [3.63, 3.8) is 0 Å². The number of rotatable bonds is 7. The summed E-state index contributed by atoms with van der Waals surface area (Å²) in [5, 5.41) is 3.41. The molecule has 0 radical (unpaired) electrons. The van der Waals surface area contributed by atoms with Gasteiger partial charge in [0, 0.05) is 11.1 Å². The summed E-state index contributed by atoms with van der Waals surface area (Å²) in [4.78, 5) is 16.6. The Labute approximate surface area is 180 Å². The van der Waals surface area contributed by atoms with Crippen molar-refractivity contribution in [2.45, 2.75) is 17.9 Å². The van der Waals surface area contributed by atoms with E-state index in [0.717, 1.165) is 5.56 Å². The Bertz CT molecular complexity index is 1150. The van der Waals surface area contributed by atoms with Gasteiger partial charge in [0.1, 0.15) is 10.6 Å². The van der Waals surface area contributed by atoms with Crippen molar-refractivity contribution in [3.05, 3.63) is 83.1 Å². The number of aromatic nitrogens is 1. The first kappa shape index (κ1) is 21.6. The standard InChI is InChI=1S/C21H20ClN3O4S/c1-14(15-7-9-16(22)10-8-15)24-21(26)19-5-3-4-6-20(19)30(27,28)25-17-11-18(29-2)13-23-12-17/h3-14,25H,1-2H3,(H,24,26). The zero-order valence-electron chi connectivity index (χ0n) is 16.3. The Kier molecular flexibility index (Phi) is 6.59. The molecule has 0 aliphatic rings. The molecule has 1 atom stereocenters. The number of carbonyl (C=O) groups is 1. The molecule has 2 N–H and O–H groups in total. The van der Waals surface area contributed by atoms with Crippen LogP contribution in [0.4, 0.5) is 5.69 Å². The lowest BCUT2D eigenvalue weighted by atomic mass is 10.1. The predicted octanol–water partition coefficient (Wildman–Crippen LogP) is 4.04. The maximum atomic E-state index is 12.9. The van der Waals surface area contributed by atoms with Gasteiger partial charge in [-0.2, -0.15) is 0 Å². The highest BCUT2D eigenvalue weighted by Gasteiger charge is 2.23. The summed E-state index contributed by atoms with van der Waals surface area (Å²) in [5.74, 6) is -0.111. The summed E-state index contributed by atoms with van der Waals surface area (Å²) in [6, 6.07) is 14.2. The number of nitrogens with zero attached hydrogens (tertiary/aromatic N) is 1. The molecule has 0 saturated heterocycles. The molecule has 156 valence electrons. The molecule has 1 aromatic heterocycles. The van der Waals surface area contributed by atoms with Crippen LogP contribution in [-0.2, 0) is 10.0 Å². The number of carbonyl (C=O) groups excluding carboxylic acids is 1. The van der Waals surface area contributed by atoms with Crippen LogP contribution in [0, 0.1) is 0 Å². The molecular weight excluding hydrogens is 426 g/mol. The number of hydrogen-bond donors (Lipinski definition) is 2. The van der Waals surface area contributed by atoms with Gasteiger partial charge >= 0.3 is 0 Å². The second kappa shape index (κ2) is 9.15. The second-order valence-electron chi connectivity index (χ2n) is 6.46. The first-order valence-electron chi connectivity index (χ1n) is 8.97. The van der Waals surface area contributed by atoms with E-state index in [-0.39, 0.29) is 22.2 Å². The fourth-order valence-electron chi connectivity index (χ4n) is 2.79. The number of halogens is 1. The molecule has 0 aliphatic heterocycles. The van der Waals surface area contributed by atoms with E-state index in [0.29, 0.717) is 10.8 Å². The third-order valence-electron chi connectivity index (χ3n) is 4.34. The molecule has 0 spiro atoms. The number of pyridine rings is 1. The number of benzene rings is 2. The van der Waals surface area contributed by atoms with Crippen LogP contribution in [0.3, 0.4) is 0 Å². The fraction of sp³-hybridized carbons (Fsp3) is 0.143. The molecule has 7 nitrogen and oxygen atoms in total. The van der Waals surface area contributed by atoms with Crippen molar-refractivity contribution in [2.75, 3.05) is 11.8 Å². The average Bonchev–Trinajstić information content (AvgIpc) is 2.74. The van der Waals surface area contributed by atoms with Crippen LogP contribution in [0.2, 0.25) is 5.02 Å². The number of nitrogens with one attached hydrogen (secondary N) is 2. The molecule has 9 heteroatoms. The molecule has 1 amide bonds. The molecule has 1 unspecified atom stereocenters. The van der Waals surface area contributed by atoms with Gasteiger partial charge in [-0.3, -0.25) is 14.5 Å². The molecule has 0 aliphatic carbocycles. The van der Waals surface area contributed by atoms with Crippen LogP contribution in [0.1, 0.15) is 28.9 Å². The first-order valence-corrected chi connectivity index (χ1v) is 10.8. The topological polar surface area (TPSA) is 97.4 Å². The maximum Gasteiger partial charge on any atom is 0.262 e. The van der Waals surface area contributed by atoms with Gasteiger partial charge < -0.3 is 10.1 Å². The zero-order valence-corrected chi connectivity index (χ0v) is 17.9. The van der Waals surface area contributed by atoms with E-state index in [2.05, 4.69) is 15.0 Å². The van der Waals surface area contributed by atoms with E-state index >= 15 is 0 Å². The molecule has 2 aromatic carbocycles. The van der Waals surface area contributed by atoms with E-state index in [4.69, 9.17) is 16.3 Å². The van der Waals surface area contributed by atoms with E-state index < -0.39 is 15.9 Å². The van der Waals surface area contributed by atoms with E-state index in [1.165, 1.54) is 37.7 Å². The van der Waals surface area contributed by atoms with Crippen molar-refractivity contribution < 1.29 is 17.9 Å². The molecule has 30 heavy (non-hydrogen) atoms. The minimum atomic E-state index is -4.04. The van der Waals surface area contributed by atoms with Gasteiger partial charge in [-0.1, -0.05) is 35.9 Å². The van der Waals surface area contributed by atoms with Crippen molar-refractivity contribution in [3.8, 4) is 5.75 Å². The minimum Gasteiger partial charge on any atom is -0.495 e. The second-order valence-corrected chi connectivity index (χ2v) is 8.55. The van der Waals surface area contributed by atoms with Gasteiger partial charge in [-0.15, -0.1) is 0 Å². The Hall–Kier alpha value is -3.10. The molecule has 0 fully saturated rings. The van der Waals surface area contributed by atoms with Crippen molar-refractivity contribution in [1.82, 2.24) is 10.3 Å². The Morgan fingerprint density at radius 1 is 1.10 bits per heavy atom. The maximum absolute atomic E-state index is 12.9. The van der Waals surface area contributed by atoms with Crippen LogP contribution in [-0.4, -0.2) is 26.4 Å². The summed E-state index contributed by atoms with van der Waals surface area (Å²) in [5.41, 5.74) is 1.09. The van der Waals surface area contributed by atoms with Gasteiger partial charge in [-0.05, 0) is 36.8 Å². The largest absolute Gasteiger partial charge is 0.495 e.